The highest BCUT2D eigenvalue weighted by Gasteiger charge is 2.46. The van der Waals surface area contributed by atoms with Crippen LogP contribution in [-0.2, 0) is 9.47 Å². The molecule has 6 rings (SSSR count). The molecule has 4 amide bonds. The summed E-state index contributed by atoms with van der Waals surface area (Å²) in [5.74, 6) is 0.0439. The summed E-state index contributed by atoms with van der Waals surface area (Å²) in [6.07, 6.45) is 0.330. The first-order valence-electron chi connectivity index (χ1n) is 14.5. The van der Waals surface area contributed by atoms with Gasteiger partial charge in [0.1, 0.15) is 23.5 Å². The van der Waals surface area contributed by atoms with E-state index in [2.05, 4.69) is 10.6 Å². The highest BCUT2D eigenvalue weighted by molar-refractivity contribution is 5.98. The Hall–Kier alpha value is -4.12. The van der Waals surface area contributed by atoms with E-state index in [4.69, 9.17) is 9.47 Å². The Balaban J connectivity index is 0.000000192. The number of rotatable bonds is 0. The van der Waals surface area contributed by atoms with Crippen molar-refractivity contribution in [2.75, 3.05) is 13.1 Å². The number of amides is 4. The minimum Gasteiger partial charge on any atom is -0.444 e. The number of benzene rings is 2. The third kappa shape index (κ3) is 6.61. The molecule has 11 heteroatoms. The summed E-state index contributed by atoms with van der Waals surface area (Å²) in [5, 5.41) is 5.87. The van der Waals surface area contributed by atoms with Crippen LogP contribution in [0.2, 0.25) is 0 Å². The van der Waals surface area contributed by atoms with Crippen LogP contribution < -0.4 is 10.6 Å². The number of nitrogens with zero attached hydrogens (tertiary/aromatic N) is 2. The van der Waals surface area contributed by atoms with Crippen LogP contribution in [0.15, 0.2) is 48.5 Å². The molecule has 0 radical (unpaired) electrons. The van der Waals surface area contributed by atoms with Crippen LogP contribution in [-0.4, -0.2) is 75.9 Å². The van der Waals surface area contributed by atoms with Crippen LogP contribution >= 0.6 is 0 Å². The Morgan fingerprint density at radius 2 is 1.02 bits per heavy atom. The standard InChI is InChI=1S/2C16H20N2O3.H2O/c2*1-16(2,3)21-15(20)18-9-8-11-10-6-4-5-7-12(10)14(19)17-13(11)18;/h2*4-7,11,13H,8-9H2,1-3H3,(H,17,19);1H2/t2*11-,13-;/m00./s1. The van der Waals surface area contributed by atoms with E-state index in [1.54, 1.807) is 9.80 Å². The highest BCUT2D eigenvalue weighted by atomic mass is 16.6. The van der Waals surface area contributed by atoms with E-state index in [1.165, 1.54) is 0 Å². The van der Waals surface area contributed by atoms with E-state index in [0.717, 1.165) is 24.0 Å². The van der Waals surface area contributed by atoms with Gasteiger partial charge in [0.2, 0.25) is 0 Å². The fourth-order valence-electron chi connectivity index (χ4n) is 6.12. The van der Waals surface area contributed by atoms with Crippen molar-refractivity contribution in [2.45, 2.75) is 89.8 Å². The summed E-state index contributed by atoms with van der Waals surface area (Å²) in [4.78, 5) is 52.2. The first-order valence-corrected chi connectivity index (χ1v) is 14.5. The zero-order valence-electron chi connectivity index (χ0n) is 25.6. The molecule has 4 aliphatic heterocycles. The van der Waals surface area contributed by atoms with Crippen LogP contribution in [0.1, 0.15) is 98.1 Å². The Labute approximate surface area is 252 Å². The van der Waals surface area contributed by atoms with Crippen molar-refractivity contribution in [2.24, 2.45) is 0 Å². The van der Waals surface area contributed by atoms with Crippen molar-refractivity contribution in [3.63, 3.8) is 0 Å². The molecule has 11 nitrogen and oxygen atoms in total. The van der Waals surface area contributed by atoms with E-state index < -0.39 is 11.2 Å². The molecule has 2 aromatic rings. The lowest BCUT2D eigenvalue weighted by Gasteiger charge is -2.34. The maximum absolute atomic E-state index is 12.3. The smallest absolute Gasteiger partial charge is 0.411 e. The lowest BCUT2D eigenvalue weighted by atomic mass is 9.88. The molecule has 4 atom stereocenters. The van der Waals surface area contributed by atoms with Gasteiger partial charge in [-0.1, -0.05) is 36.4 Å². The van der Waals surface area contributed by atoms with Crippen molar-refractivity contribution in [3.8, 4) is 0 Å². The van der Waals surface area contributed by atoms with Crippen LogP contribution in [0.5, 0.6) is 0 Å². The molecule has 2 saturated heterocycles. The van der Waals surface area contributed by atoms with E-state index in [-0.39, 0.29) is 53.6 Å². The van der Waals surface area contributed by atoms with Gasteiger partial charge >= 0.3 is 12.2 Å². The number of fused-ring (bicyclic) bond motifs is 6. The zero-order valence-corrected chi connectivity index (χ0v) is 25.6. The largest absolute Gasteiger partial charge is 0.444 e. The molecular formula is C32H42N4O7. The number of carbonyl (C=O) groups is 4. The number of ether oxygens (including phenoxy) is 2. The molecule has 0 unspecified atom stereocenters. The van der Waals surface area contributed by atoms with Gasteiger partial charge < -0.3 is 25.6 Å². The summed E-state index contributed by atoms with van der Waals surface area (Å²) in [7, 11) is 0. The summed E-state index contributed by atoms with van der Waals surface area (Å²) < 4.78 is 10.9. The fourth-order valence-corrected chi connectivity index (χ4v) is 6.12. The van der Waals surface area contributed by atoms with Crippen LogP contribution in [0, 0.1) is 0 Å². The lowest BCUT2D eigenvalue weighted by Crippen LogP contribution is -2.52. The van der Waals surface area contributed by atoms with E-state index in [1.807, 2.05) is 90.1 Å². The lowest BCUT2D eigenvalue weighted by molar-refractivity contribution is 0.0175. The second kappa shape index (κ2) is 11.9. The summed E-state index contributed by atoms with van der Waals surface area (Å²) in [6, 6.07) is 15.2. The van der Waals surface area contributed by atoms with Gasteiger partial charge in [-0.2, -0.15) is 0 Å². The average Bonchev–Trinajstić information content (AvgIpc) is 3.52. The molecule has 2 aromatic carbocycles. The molecule has 0 aromatic heterocycles. The average molecular weight is 595 g/mol. The second-order valence-electron chi connectivity index (χ2n) is 13.1. The molecule has 0 spiro atoms. The summed E-state index contributed by atoms with van der Waals surface area (Å²) in [5.41, 5.74) is 2.40. The van der Waals surface area contributed by atoms with Gasteiger partial charge in [-0.25, -0.2) is 9.59 Å². The van der Waals surface area contributed by atoms with Gasteiger partial charge in [0, 0.05) is 36.1 Å². The topological polar surface area (TPSA) is 149 Å². The minimum absolute atomic E-state index is 0. The molecule has 232 valence electrons. The first kappa shape index (κ1) is 31.8. The number of carbonyl (C=O) groups excluding carboxylic acids is 4. The molecule has 0 aliphatic carbocycles. The predicted octanol–water partition coefficient (Wildman–Crippen LogP) is 4.14. The van der Waals surface area contributed by atoms with E-state index >= 15 is 0 Å². The molecule has 4 heterocycles. The van der Waals surface area contributed by atoms with Crippen LogP contribution in [0.4, 0.5) is 9.59 Å². The third-order valence-corrected chi connectivity index (χ3v) is 7.82. The molecule has 0 bridgehead atoms. The van der Waals surface area contributed by atoms with Crippen molar-refractivity contribution in [1.82, 2.24) is 20.4 Å². The minimum atomic E-state index is -0.536. The molecule has 4 N–H and O–H groups in total. The van der Waals surface area contributed by atoms with E-state index in [9.17, 15) is 19.2 Å². The van der Waals surface area contributed by atoms with Crippen LogP contribution in [0.3, 0.4) is 0 Å². The van der Waals surface area contributed by atoms with Crippen LogP contribution in [0.25, 0.3) is 0 Å². The van der Waals surface area contributed by atoms with E-state index in [0.29, 0.717) is 24.2 Å². The van der Waals surface area contributed by atoms with Gasteiger partial charge in [0.15, 0.2) is 0 Å². The van der Waals surface area contributed by atoms with Crippen molar-refractivity contribution >= 4 is 24.0 Å². The Bertz CT molecular complexity index is 1290. The summed E-state index contributed by atoms with van der Waals surface area (Å²) >= 11 is 0. The van der Waals surface area contributed by atoms with Gasteiger partial charge in [0.05, 0.1) is 0 Å². The Kier molecular flexibility index (Phi) is 8.78. The molecule has 0 saturated carbocycles. The van der Waals surface area contributed by atoms with Gasteiger partial charge in [-0.15, -0.1) is 0 Å². The SMILES string of the molecule is CC(C)(C)OC(=O)N1CC[C@H]2c3ccccc3C(=O)N[C@H]21.CC(C)(C)OC(=O)N1CC[C@H]2c3ccccc3C(=O)N[C@H]21.O. The number of nitrogens with one attached hydrogen (secondary N) is 2. The zero-order chi connectivity index (χ0) is 30.4. The summed E-state index contributed by atoms with van der Waals surface area (Å²) in [6.45, 7) is 12.2. The van der Waals surface area contributed by atoms with Gasteiger partial charge in [-0.3, -0.25) is 19.4 Å². The number of hydrogen-bond acceptors (Lipinski definition) is 6. The maximum Gasteiger partial charge on any atom is 0.411 e. The molecule has 2 fully saturated rings. The maximum atomic E-state index is 12.3. The number of hydrogen-bond donors (Lipinski definition) is 2. The van der Waals surface area contributed by atoms with Gasteiger partial charge in [-0.05, 0) is 77.6 Å². The number of likely N-dealkylation sites (tertiary alicyclic amines) is 2. The highest BCUT2D eigenvalue weighted by Crippen LogP contribution is 2.39. The predicted molar refractivity (Wildman–Crippen MR) is 160 cm³/mol. The van der Waals surface area contributed by atoms with Crippen molar-refractivity contribution < 1.29 is 34.1 Å². The first-order chi connectivity index (χ1) is 19.7. The van der Waals surface area contributed by atoms with Gasteiger partial charge in [0.25, 0.3) is 11.8 Å². The molecular weight excluding hydrogens is 552 g/mol. The quantitative estimate of drug-likeness (QED) is 0.468. The Morgan fingerprint density at radius 1 is 0.674 bits per heavy atom. The van der Waals surface area contributed by atoms with Crippen molar-refractivity contribution in [3.05, 3.63) is 70.8 Å². The Morgan fingerprint density at radius 3 is 1.37 bits per heavy atom. The molecule has 43 heavy (non-hydrogen) atoms. The monoisotopic (exact) mass is 594 g/mol. The molecule has 4 aliphatic rings. The van der Waals surface area contributed by atoms with Crippen molar-refractivity contribution in [1.29, 1.82) is 0 Å². The third-order valence-electron chi connectivity index (χ3n) is 7.82. The second-order valence-corrected chi connectivity index (χ2v) is 13.1. The fraction of sp³-hybridized carbons (Fsp3) is 0.500. The normalized spacial score (nSPS) is 23.6.